The number of aryl methyl sites for hydroxylation is 1. The number of aromatic amines is 1. The molecule has 0 spiro atoms. The molecule has 0 saturated carbocycles. The lowest BCUT2D eigenvalue weighted by Gasteiger charge is -2.03. The van der Waals surface area contributed by atoms with Crippen molar-refractivity contribution >= 4 is 17.9 Å². The van der Waals surface area contributed by atoms with Crippen molar-refractivity contribution in [3.63, 3.8) is 0 Å². The Hall–Kier alpha value is -2.66. The van der Waals surface area contributed by atoms with Crippen LogP contribution in [0.3, 0.4) is 0 Å². The molecule has 2 N–H and O–H groups in total. The highest BCUT2D eigenvalue weighted by Gasteiger charge is 2.17. The van der Waals surface area contributed by atoms with Gasteiger partial charge in [-0.05, 0) is 19.1 Å². The summed E-state index contributed by atoms with van der Waals surface area (Å²) in [5, 5.41) is 16.2. The standard InChI is InChI=1S/C17H15N3OS/c1-12-15(16(19-21)13-8-4-2-5-9-13)17(22)20(18-12)14-10-6-3-7-11-14/h2-11,18,21H,1H3/b19-16-. The summed E-state index contributed by atoms with van der Waals surface area (Å²) >= 11 is 5.58. The maximum Gasteiger partial charge on any atom is 0.137 e. The summed E-state index contributed by atoms with van der Waals surface area (Å²) in [7, 11) is 0. The number of oxime groups is 1. The van der Waals surface area contributed by atoms with Crippen LogP contribution in [0.4, 0.5) is 0 Å². The zero-order chi connectivity index (χ0) is 15.5. The van der Waals surface area contributed by atoms with E-state index in [1.165, 1.54) is 0 Å². The quantitative estimate of drug-likeness (QED) is 0.332. The summed E-state index contributed by atoms with van der Waals surface area (Å²) in [6.45, 7) is 1.92. The first-order chi connectivity index (χ1) is 10.7. The Bertz CT molecular complexity index is 864. The first-order valence-corrected chi connectivity index (χ1v) is 7.28. The number of aromatic nitrogens is 2. The number of rotatable bonds is 3. The fraction of sp³-hybridized carbons (Fsp3) is 0.0588. The Balaban J connectivity index is 2.17. The van der Waals surface area contributed by atoms with Crippen molar-refractivity contribution in [2.45, 2.75) is 6.92 Å². The van der Waals surface area contributed by atoms with Crippen molar-refractivity contribution in [3.05, 3.63) is 82.1 Å². The maximum atomic E-state index is 9.48. The van der Waals surface area contributed by atoms with Gasteiger partial charge in [0.25, 0.3) is 0 Å². The molecule has 0 aliphatic rings. The number of para-hydroxylation sites is 1. The molecule has 3 rings (SSSR count). The smallest absolute Gasteiger partial charge is 0.137 e. The Labute approximate surface area is 133 Å². The summed E-state index contributed by atoms with van der Waals surface area (Å²) in [5.74, 6) is 0. The Morgan fingerprint density at radius 2 is 1.64 bits per heavy atom. The number of nitrogens with zero attached hydrogens (tertiary/aromatic N) is 2. The third-order valence-corrected chi connectivity index (χ3v) is 3.86. The van der Waals surface area contributed by atoms with E-state index in [1.807, 2.05) is 72.3 Å². The summed E-state index contributed by atoms with van der Waals surface area (Å²) in [5.41, 5.74) is 3.80. The number of nitrogens with one attached hydrogen (secondary N) is 1. The highest BCUT2D eigenvalue weighted by molar-refractivity contribution is 7.71. The van der Waals surface area contributed by atoms with E-state index >= 15 is 0 Å². The van der Waals surface area contributed by atoms with Crippen LogP contribution >= 0.6 is 12.2 Å². The minimum absolute atomic E-state index is 0.467. The van der Waals surface area contributed by atoms with Gasteiger partial charge in [0.05, 0.1) is 11.3 Å². The molecule has 1 aromatic heterocycles. The summed E-state index contributed by atoms with van der Waals surface area (Å²) in [6.07, 6.45) is 0. The minimum Gasteiger partial charge on any atom is -0.410 e. The van der Waals surface area contributed by atoms with Gasteiger partial charge in [0.2, 0.25) is 0 Å². The van der Waals surface area contributed by atoms with Crippen molar-refractivity contribution in [3.8, 4) is 5.69 Å². The Morgan fingerprint density at radius 3 is 2.23 bits per heavy atom. The van der Waals surface area contributed by atoms with Crippen LogP contribution < -0.4 is 0 Å². The predicted octanol–water partition coefficient (Wildman–Crippen LogP) is 4.07. The lowest BCUT2D eigenvalue weighted by molar-refractivity contribution is 0.319. The number of hydrogen-bond acceptors (Lipinski definition) is 3. The molecule has 0 aliphatic carbocycles. The second-order valence-electron chi connectivity index (χ2n) is 4.90. The molecule has 5 heteroatoms. The van der Waals surface area contributed by atoms with E-state index in [0.717, 1.165) is 22.5 Å². The molecule has 4 nitrogen and oxygen atoms in total. The van der Waals surface area contributed by atoms with Gasteiger partial charge < -0.3 is 5.21 Å². The van der Waals surface area contributed by atoms with Crippen molar-refractivity contribution in [2.24, 2.45) is 5.16 Å². The molecule has 2 aromatic carbocycles. The molecule has 0 aliphatic heterocycles. The van der Waals surface area contributed by atoms with Gasteiger partial charge in [0.1, 0.15) is 10.4 Å². The normalized spacial score (nSPS) is 11.6. The lowest BCUT2D eigenvalue weighted by Crippen LogP contribution is -2.05. The van der Waals surface area contributed by atoms with E-state index < -0.39 is 0 Å². The summed E-state index contributed by atoms with van der Waals surface area (Å²) in [4.78, 5) is 0. The fourth-order valence-corrected chi connectivity index (χ4v) is 2.83. The monoisotopic (exact) mass is 309 g/mol. The van der Waals surface area contributed by atoms with Gasteiger partial charge in [-0.3, -0.25) is 5.10 Å². The molecule has 1 heterocycles. The predicted molar refractivity (Wildman–Crippen MR) is 89.6 cm³/mol. The minimum atomic E-state index is 0.467. The molecule has 0 fully saturated rings. The number of benzene rings is 2. The van der Waals surface area contributed by atoms with Gasteiger partial charge >= 0.3 is 0 Å². The molecule has 0 bridgehead atoms. The van der Waals surface area contributed by atoms with Gasteiger partial charge in [0.15, 0.2) is 0 Å². The average Bonchev–Trinajstić information content (AvgIpc) is 2.86. The number of hydrogen-bond donors (Lipinski definition) is 2. The highest BCUT2D eigenvalue weighted by Crippen LogP contribution is 2.19. The Morgan fingerprint density at radius 1 is 1.05 bits per heavy atom. The molecule has 3 aromatic rings. The highest BCUT2D eigenvalue weighted by atomic mass is 32.1. The van der Waals surface area contributed by atoms with Crippen LogP contribution in [0.15, 0.2) is 65.8 Å². The van der Waals surface area contributed by atoms with E-state index in [2.05, 4.69) is 10.3 Å². The topological polar surface area (TPSA) is 53.3 Å². The Kier molecular flexibility index (Phi) is 3.89. The van der Waals surface area contributed by atoms with Gasteiger partial charge in [0, 0.05) is 11.3 Å². The van der Waals surface area contributed by atoms with Crippen molar-refractivity contribution in [1.82, 2.24) is 9.78 Å². The molecule has 0 saturated heterocycles. The van der Waals surface area contributed by atoms with Crippen LogP contribution in [0.2, 0.25) is 0 Å². The van der Waals surface area contributed by atoms with Crippen LogP contribution in [-0.2, 0) is 0 Å². The molecular formula is C17H15N3OS. The molecule has 0 radical (unpaired) electrons. The zero-order valence-corrected chi connectivity index (χ0v) is 12.8. The molecular weight excluding hydrogens is 294 g/mol. The van der Waals surface area contributed by atoms with Crippen LogP contribution in [-0.4, -0.2) is 20.7 Å². The van der Waals surface area contributed by atoms with E-state index in [4.69, 9.17) is 12.2 Å². The van der Waals surface area contributed by atoms with Crippen molar-refractivity contribution < 1.29 is 5.21 Å². The van der Waals surface area contributed by atoms with Gasteiger partial charge in [-0.15, -0.1) is 0 Å². The number of H-pyrrole nitrogens is 1. The summed E-state index contributed by atoms with van der Waals surface area (Å²) < 4.78 is 2.40. The van der Waals surface area contributed by atoms with E-state index in [9.17, 15) is 5.21 Å². The molecule has 0 unspecified atom stereocenters. The van der Waals surface area contributed by atoms with Crippen molar-refractivity contribution in [1.29, 1.82) is 0 Å². The third kappa shape index (κ3) is 2.46. The fourth-order valence-electron chi connectivity index (χ4n) is 2.43. The molecule has 22 heavy (non-hydrogen) atoms. The molecule has 110 valence electrons. The second kappa shape index (κ2) is 5.99. The second-order valence-corrected chi connectivity index (χ2v) is 5.29. The van der Waals surface area contributed by atoms with Crippen LogP contribution in [0, 0.1) is 11.6 Å². The third-order valence-electron chi connectivity index (χ3n) is 3.47. The average molecular weight is 309 g/mol. The first-order valence-electron chi connectivity index (χ1n) is 6.87. The zero-order valence-electron chi connectivity index (χ0n) is 12.0. The van der Waals surface area contributed by atoms with Crippen LogP contribution in [0.25, 0.3) is 5.69 Å². The van der Waals surface area contributed by atoms with Gasteiger partial charge in [-0.2, -0.15) is 0 Å². The van der Waals surface area contributed by atoms with Gasteiger partial charge in [-0.1, -0.05) is 65.9 Å². The van der Waals surface area contributed by atoms with E-state index in [-0.39, 0.29) is 0 Å². The maximum absolute atomic E-state index is 9.48. The summed E-state index contributed by atoms with van der Waals surface area (Å²) in [6, 6.07) is 19.3. The van der Waals surface area contributed by atoms with Crippen molar-refractivity contribution in [2.75, 3.05) is 0 Å². The molecule has 0 amide bonds. The largest absolute Gasteiger partial charge is 0.410 e. The van der Waals surface area contributed by atoms with Crippen LogP contribution in [0.5, 0.6) is 0 Å². The SMILES string of the molecule is Cc1[nH]n(-c2ccccc2)c(=S)c1/C(=N\O)c1ccccc1. The first kappa shape index (κ1) is 14.3. The van der Waals surface area contributed by atoms with Crippen LogP contribution in [0.1, 0.15) is 16.8 Å². The van der Waals surface area contributed by atoms with E-state index in [0.29, 0.717) is 10.4 Å². The lowest BCUT2D eigenvalue weighted by atomic mass is 10.0. The molecule has 0 atom stereocenters. The van der Waals surface area contributed by atoms with Gasteiger partial charge in [-0.25, -0.2) is 4.68 Å². The van der Waals surface area contributed by atoms with E-state index in [1.54, 1.807) is 0 Å².